The molecule has 0 unspecified atom stereocenters. The molecule has 0 bridgehead atoms. The van der Waals surface area contributed by atoms with Crippen molar-refractivity contribution in [3.8, 4) is 16.2 Å². The summed E-state index contributed by atoms with van der Waals surface area (Å²) in [4.78, 5) is 25.7. The molecule has 0 aliphatic rings. The second-order valence-corrected chi connectivity index (χ2v) is 8.86. The van der Waals surface area contributed by atoms with E-state index < -0.39 is 5.97 Å². The number of benzene rings is 1. The molecule has 8 heteroatoms. The third-order valence-corrected chi connectivity index (χ3v) is 6.53. The SMILES string of the molecule is CCCc1ccc(OCC(=O)Nc2scc(-c3cccs3)c2C(=O)OC)c(Br)c1. The summed E-state index contributed by atoms with van der Waals surface area (Å²) in [7, 11) is 1.33. The van der Waals surface area contributed by atoms with E-state index in [1.807, 2.05) is 41.1 Å². The number of carbonyl (C=O) groups excluding carboxylic acids is 2. The van der Waals surface area contributed by atoms with Gasteiger partial charge in [-0.3, -0.25) is 4.79 Å². The normalized spacial score (nSPS) is 10.6. The van der Waals surface area contributed by atoms with Crippen LogP contribution in [0.15, 0.2) is 45.6 Å². The van der Waals surface area contributed by atoms with E-state index in [-0.39, 0.29) is 12.5 Å². The first-order chi connectivity index (χ1) is 14.0. The Balaban J connectivity index is 1.70. The van der Waals surface area contributed by atoms with Gasteiger partial charge in [0.05, 0.1) is 11.6 Å². The number of ether oxygens (including phenoxy) is 2. The van der Waals surface area contributed by atoms with E-state index in [1.54, 1.807) is 0 Å². The number of amides is 1. The average Bonchev–Trinajstić information content (AvgIpc) is 3.37. The van der Waals surface area contributed by atoms with Crippen LogP contribution in [0.2, 0.25) is 0 Å². The molecule has 152 valence electrons. The maximum Gasteiger partial charge on any atom is 0.341 e. The number of hydrogen-bond donors (Lipinski definition) is 1. The van der Waals surface area contributed by atoms with Crippen molar-refractivity contribution >= 4 is 55.5 Å². The molecular weight excluding hydrogens is 474 g/mol. The highest BCUT2D eigenvalue weighted by Gasteiger charge is 2.23. The van der Waals surface area contributed by atoms with Gasteiger partial charge in [0.15, 0.2) is 6.61 Å². The lowest BCUT2D eigenvalue weighted by atomic mass is 10.1. The maximum atomic E-state index is 12.4. The van der Waals surface area contributed by atoms with E-state index in [2.05, 4.69) is 28.2 Å². The van der Waals surface area contributed by atoms with Crippen LogP contribution in [0.4, 0.5) is 5.00 Å². The van der Waals surface area contributed by atoms with E-state index >= 15 is 0 Å². The smallest absolute Gasteiger partial charge is 0.341 e. The van der Waals surface area contributed by atoms with Gasteiger partial charge < -0.3 is 14.8 Å². The van der Waals surface area contributed by atoms with Crippen molar-refractivity contribution in [2.75, 3.05) is 19.0 Å². The number of rotatable bonds is 8. The number of methoxy groups -OCH3 is 1. The Bertz CT molecular complexity index is 998. The molecule has 0 aliphatic heterocycles. The Morgan fingerprint density at radius 2 is 2.03 bits per heavy atom. The number of esters is 1. The fourth-order valence-corrected chi connectivity index (χ4v) is 5.11. The first-order valence-electron chi connectivity index (χ1n) is 8.98. The van der Waals surface area contributed by atoms with Gasteiger partial charge in [-0.05, 0) is 51.5 Å². The lowest BCUT2D eigenvalue weighted by molar-refractivity contribution is -0.118. The van der Waals surface area contributed by atoms with Crippen molar-refractivity contribution in [2.24, 2.45) is 0 Å². The van der Waals surface area contributed by atoms with Gasteiger partial charge in [-0.2, -0.15) is 0 Å². The summed E-state index contributed by atoms with van der Waals surface area (Å²) in [6.07, 6.45) is 2.05. The standard InChI is InChI=1S/C21H20BrNO4S2/c1-3-5-13-7-8-16(15(22)10-13)27-11-18(24)23-20-19(21(25)26-2)14(12-29-20)17-6-4-9-28-17/h4,6-10,12H,3,5,11H2,1-2H3,(H,23,24). The predicted octanol–water partition coefficient (Wildman–Crippen LogP) is 6.00. The summed E-state index contributed by atoms with van der Waals surface area (Å²) >= 11 is 6.29. The number of aryl methyl sites for hydroxylation is 1. The van der Waals surface area contributed by atoms with Crippen molar-refractivity contribution in [3.05, 3.63) is 56.7 Å². The number of nitrogens with one attached hydrogen (secondary N) is 1. The molecule has 29 heavy (non-hydrogen) atoms. The van der Waals surface area contributed by atoms with Gasteiger partial charge in [0.2, 0.25) is 0 Å². The topological polar surface area (TPSA) is 64.6 Å². The summed E-state index contributed by atoms with van der Waals surface area (Å²) in [5, 5.41) is 7.00. The van der Waals surface area contributed by atoms with Gasteiger partial charge in [0.25, 0.3) is 5.91 Å². The zero-order valence-corrected chi connectivity index (χ0v) is 19.2. The predicted molar refractivity (Wildman–Crippen MR) is 121 cm³/mol. The highest BCUT2D eigenvalue weighted by molar-refractivity contribution is 9.10. The number of thiophene rings is 2. The Morgan fingerprint density at radius 3 is 2.69 bits per heavy atom. The van der Waals surface area contributed by atoms with Crippen LogP contribution in [0.3, 0.4) is 0 Å². The highest BCUT2D eigenvalue weighted by Crippen LogP contribution is 2.38. The van der Waals surface area contributed by atoms with E-state index in [1.165, 1.54) is 35.3 Å². The largest absolute Gasteiger partial charge is 0.483 e. The average molecular weight is 494 g/mol. The second kappa shape index (κ2) is 10.0. The van der Waals surface area contributed by atoms with Gasteiger partial charge in [-0.15, -0.1) is 22.7 Å². The molecule has 3 aromatic rings. The van der Waals surface area contributed by atoms with Gasteiger partial charge in [0, 0.05) is 15.8 Å². The van der Waals surface area contributed by atoms with Crippen molar-refractivity contribution in [1.29, 1.82) is 0 Å². The van der Waals surface area contributed by atoms with E-state index in [9.17, 15) is 9.59 Å². The molecule has 5 nitrogen and oxygen atoms in total. The molecule has 0 radical (unpaired) electrons. The molecule has 0 spiro atoms. The Hall–Kier alpha value is -2.16. The Kier molecular flexibility index (Phi) is 7.46. The molecule has 3 rings (SSSR count). The minimum Gasteiger partial charge on any atom is -0.483 e. The zero-order valence-electron chi connectivity index (χ0n) is 16.0. The number of carbonyl (C=O) groups is 2. The van der Waals surface area contributed by atoms with Crippen LogP contribution in [-0.2, 0) is 16.0 Å². The monoisotopic (exact) mass is 493 g/mol. The third kappa shape index (κ3) is 5.26. The van der Waals surface area contributed by atoms with E-state index in [0.717, 1.165) is 27.8 Å². The van der Waals surface area contributed by atoms with Crippen LogP contribution >= 0.6 is 38.6 Å². The van der Waals surface area contributed by atoms with Gasteiger partial charge >= 0.3 is 5.97 Å². The molecule has 1 N–H and O–H groups in total. The molecule has 0 fully saturated rings. The molecule has 2 aromatic heterocycles. The molecule has 0 aliphatic carbocycles. The fourth-order valence-electron chi connectivity index (χ4n) is 2.78. The van der Waals surface area contributed by atoms with Crippen LogP contribution < -0.4 is 10.1 Å². The minimum atomic E-state index is -0.486. The van der Waals surface area contributed by atoms with Crippen molar-refractivity contribution in [2.45, 2.75) is 19.8 Å². The lowest BCUT2D eigenvalue weighted by Crippen LogP contribution is -2.21. The summed E-state index contributed by atoms with van der Waals surface area (Å²) in [6.45, 7) is 1.96. The van der Waals surface area contributed by atoms with Crippen LogP contribution in [0.5, 0.6) is 5.75 Å². The quantitative estimate of drug-likeness (QED) is 0.391. The first kappa shape index (κ1) is 21.5. The maximum absolute atomic E-state index is 12.4. The molecule has 2 heterocycles. The van der Waals surface area contributed by atoms with Crippen LogP contribution in [0.25, 0.3) is 10.4 Å². The third-order valence-electron chi connectivity index (χ3n) is 4.11. The summed E-state index contributed by atoms with van der Waals surface area (Å²) in [6, 6.07) is 9.67. The Labute approximate surface area is 185 Å². The second-order valence-electron chi connectivity index (χ2n) is 6.17. The number of anilines is 1. The fraction of sp³-hybridized carbons (Fsp3) is 0.238. The molecule has 1 aromatic carbocycles. The number of halogens is 1. The minimum absolute atomic E-state index is 0.168. The zero-order chi connectivity index (χ0) is 20.8. The molecule has 0 saturated carbocycles. The summed E-state index contributed by atoms with van der Waals surface area (Å²) < 4.78 is 11.4. The van der Waals surface area contributed by atoms with Crippen molar-refractivity contribution in [1.82, 2.24) is 0 Å². The molecular formula is C21H20BrNO4S2. The van der Waals surface area contributed by atoms with E-state index in [4.69, 9.17) is 9.47 Å². The molecule has 0 atom stereocenters. The van der Waals surface area contributed by atoms with Crippen LogP contribution in [0.1, 0.15) is 29.3 Å². The van der Waals surface area contributed by atoms with Crippen molar-refractivity contribution < 1.29 is 19.1 Å². The van der Waals surface area contributed by atoms with Crippen LogP contribution in [-0.4, -0.2) is 25.6 Å². The molecule has 0 saturated heterocycles. The Morgan fingerprint density at radius 1 is 1.21 bits per heavy atom. The molecule has 1 amide bonds. The lowest BCUT2D eigenvalue weighted by Gasteiger charge is -2.10. The summed E-state index contributed by atoms with van der Waals surface area (Å²) in [5.74, 6) is -0.238. The van der Waals surface area contributed by atoms with Crippen LogP contribution in [0, 0.1) is 0 Å². The van der Waals surface area contributed by atoms with Gasteiger partial charge in [-0.25, -0.2) is 4.79 Å². The van der Waals surface area contributed by atoms with Crippen molar-refractivity contribution in [3.63, 3.8) is 0 Å². The van der Waals surface area contributed by atoms with E-state index in [0.29, 0.717) is 16.3 Å². The van der Waals surface area contributed by atoms with Gasteiger partial charge in [-0.1, -0.05) is 25.5 Å². The first-order valence-corrected chi connectivity index (χ1v) is 11.5. The number of hydrogen-bond acceptors (Lipinski definition) is 6. The highest BCUT2D eigenvalue weighted by atomic mass is 79.9. The van der Waals surface area contributed by atoms with Gasteiger partial charge in [0.1, 0.15) is 16.3 Å². The summed E-state index contributed by atoms with van der Waals surface area (Å²) in [5.41, 5.74) is 2.32.